The number of hydrogen-bond acceptors (Lipinski definition) is 3. The van der Waals surface area contributed by atoms with Crippen LogP contribution in [-0.4, -0.2) is 20.1 Å². The fraction of sp³-hybridized carbons (Fsp3) is 0.250. The highest BCUT2D eigenvalue weighted by Gasteiger charge is 2.06. The molecule has 0 aliphatic rings. The summed E-state index contributed by atoms with van der Waals surface area (Å²) in [5.74, 6) is -0.463. The van der Waals surface area contributed by atoms with Crippen LogP contribution in [0.3, 0.4) is 0 Å². The summed E-state index contributed by atoms with van der Waals surface area (Å²) < 4.78 is 13.4. The molecule has 112 valence electrons. The number of rotatable bonds is 6. The van der Waals surface area contributed by atoms with Gasteiger partial charge >= 0.3 is 0 Å². The number of nitrogen functional groups attached to an aromatic ring is 1. The quantitative estimate of drug-likeness (QED) is 0.626. The Hall–Kier alpha value is -1.94. The summed E-state index contributed by atoms with van der Waals surface area (Å²) in [7, 11) is 2.05. The molecular formula is C16H19ClFN3. The largest absolute Gasteiger partial charge is 0.397 e. The van der Waals surface area contributed by atoms with Crippen molar-refractivity contribution in [3.63, 3.8) is 0 Å². The minimum absolute atomic E-state index is 0.0434. The minimum atomic E-state index is -0.463. The summed E-state index contributed by atoms with van der Waals surface area (Å²) in [6.07, 6.45) is 0.912. The Morgan fingerprint density at radius 3 is 2.67 bits per heavy atom. The lowest BCUT2D eigenvalue weighted by atomic mass is 10.2. The molecular weight excluding hydrogens is 289 g/mol. The van der Waals surface area contributed by atoms with Crippen molar-refractivity contribution in [2.45, 2.75) is 6.42 Å². The number of halogens is 2. The van der Waals surface area contributed by atoms with Crippen molar-refractivity contribution in [2.24, 2.45) is 0 Å². The average molecular weight is 308 g/mol. The highest BCUT2D eigenvalue weighted by atomic mass is 35.5. The first-order chi connectivity index (χ1) is 10.1. The van der Waals surface area contributed by atoms with E-state index in [4.69, 9.17) is 17.3 Å². The molecule has 0 unspecified atom stereocenters. The molecule has 3 N–H and O–H groups in total. The van der Waals surface area contributed by atoms with E-state index in [9.17, 15) is 4.39 Å². The molecule has 0 aromatic heterocycles. The van der Waals surface area contributed by atoms with E-state index in [1.54, 1.807) is 0 Å². The van der Waals surface area contributed by atoms with Crippen molar-refractivity contribution in [2.75, 3.05) is 36.1 Å². The first-order valence-electron chi connectivity index (χ1n) is 6.82. The van der Waals surface area contributed by atoms with Crippen molar-refractivity contribution >= 4 is 28.7 Å². The van der Waals surface area contributed by atoms with Crippen LogP contribution in [0.15, 0.2) is 42.5 Å². The predicted octanol–water partition coefficient (Wildman–Crippen LogP) is 4.00. The Morgan fingerprint density at radius 1 is 1.24 bits per heavy atom. The molecule has 0 fully saturated rings. The van der Waals surface area contributed by atoms with E-state index in [2.05, 4.69) is 22.3 Å². The van der Waals surface area contributed by atoms with Gasteiger partial charge in [0.05, 0.1) is 16.4 Å². The van der Waals surface area contributed by atoms with Crippen LogP contribution in [0.1, 0.15) is 6.42 Å². The maximum Gasteiger partial charge on any atom is 0.143 e. The molecule has 21 heavy (non-hydrogen) atoms. The summed E-state index contributed by atoms with van der Waals surface area (Å²) in [5.41, 5.74) is 8.01. The van der Waals surface area contributed by atoms with Gasteiger partial charge in [0.15, 0.2) is 0 Å². The van der Waals surface area contributed by atoms with Gasteiger partial charge in [-0.3, -0.25) is 0 Å². The van der Waals surface area contributed by atoms with E-state index in [-0.39, 0.29) is 5.02 Å². The van der Waals surface area contributed by atoms with Gasteiger partial charge < -0.3 is 16.0 Å². The number of benzene rings is 2. The first-order valence-corrected chi connectivity index (χ1v) is 7.20. The third kappa shape index (κ3) is 4.26. The average Bonchev–Trinajstić information content (AvgIpc) is 2.49. The van der Waals surface area contributed by atoms with E-state index in [1.807, 2.05) is 25.2 Å². The van der Waals surface area contributed by atoms with Crippen LogP contribution in [0.5, 0.6) is 0 Å². The summed E-state index contributed by atoms with van der Waals surface area (Å²) in [6, 6.07) is 12.9. The molecule has 0 saturated carbocycles. The van der Waals surface area contributed by atoms with Gasteiger partial charge in [0, 0.05) is 31.9 Å². The maximum atomic E-state index is 13.4. The van der Waals surface area contributed by atoms with Gasteiger partial charge in [-0.25, -0.2) is 4.39 Å². The van der Waals surface area contributed by atoms with Gasteiger partial charge in [-0.15, -0.1) is 0 Å². The molecule has 0 heterocycles. The maximum absolute atomic E-state index is 13.4. The van der Waals surface area contributed by atoms with Crippen LogP contribution in [0.25, 0.3) is 0 Å². The number of nitrogens with two attached hydrogens (primary N) is 1. The molecule has 0 spiro atoms. The van der Waals surface area contributed by atoms with Crippen LogP contribution < -0.4 is 16.0 Å². The monoisotopic (exact) mass is 307 g/mol. The van der Waals surface area contributed by atoms with Crippen LogP contribution >= 0.6 is 11.6 Å². The van der Waals surface area contributed by atoms with E-state index in [0.29, 0.717) is 17.9 Å². The molecule has 2 aromatic rings. The van der Waals surface area contributed by atoms with E-state index in [1.165, 1.54) is 17.8 Å². The predicted molar refractivity (Wildman–Crippen MR) is 88.6 cm³/mol. The third-order valence-corrected chi connectivity index (χ3v) is 3.56. The van der Waals surface area contributed by atoms with Crippen LogP contribution in [0.2, 0.25) is 5.02 Å². The Bertz CT molecular complexity index is 590. The molecule has 0 atom stereocenters. The summed E-state index contributed by atoms with van der Waals surface area (Å²) in [6.45, 7) is 1.61. The molecule has 2 aromatic carbocycles. The zero-order chi connectivity index (χ0) is 15.2. The second-order valence-corrected chi connectivity index (χ2v) is 5.30. The highest BCUT2D eigenvalue weighted by molar-refractivity contribution is 6.31. The Morgan fingerprint density at radius 2 is 1.95 bits per heavy atom. The van der Waals surface area contributed by atoms with Crippen LogP contribution in [0, 0.1) is 5.82 Å². The van der Waals surface area contributed by atoms with E-state index in [0.717, 1.165) is 13.0 Å². The van der Waals surface area contributed by atoms with Gasteiger partial charge in [-0.05, 0) is 24.6 Å². The van der Waals surface area contributed by atoms with Crippen molar-refractivity contribution < 1.29 is 4.39 Å². The Labute approximate surface area is 129 Å². The van der Waals surface area contributed by atoms with Crippen LogP contribution in [0.4, 0.5) is 21.5 Å². The topological polar surface area (TPSA) is 41.3 Å². The molecule has 0 bridgehead atoms. The lowest BCUT2D eigenvalue weighted by molar-refractivity contribution is 0.629. The number of anilines is 3. The Kier molecular flexibility index (Phi) is 5.28. The van der Waals surface area contributed by atoms with Gasteiger partial charge in [0.2, 0.25) is 0 Å². The van der Waals surface area contributed by atoms with Crippen molar-refractivity contribution in [3.05, 3.63) is 53.3 Å². The zero-order valence-corrected chi connectivity index (χ0v) is 12.7. The molecule has 3 nitrogen and oxygen atoms in total. The number of nitrogens with one attached hydrogen (secondary N) is 1. The Balaban J connectivity index is 1.81. The second kappa shape index (κ2) is 7.18. The third-order valence-electron chi connectivity index (χ3n) is 3.28. The fourth-order valence-electron chi connectivity index (χ4n) is 2.07. The fourth-order valence-corrected chi connectivity index (χ4v) is 2.24. The SMILES string of the molecule is CN(CCCNc1cc(F)c(Cl)cc1N)c1ccccc1. The second-order valence-electron chi connectivity index (χ2n) is 4.89. The van der Waals surface area contributed by atoms with Crippen molar-refractivity contribution in [1.82, 2.24) is 0 Å². The number of para-hydroxylation sites is 1. The normalized spacial score (nSPS) is 10.4. The van der Waals surface area contributed by atoms with Gasteiger partial charge in [-0.1, -0.05) is 29.8 Å². The molecule has 0 amide bonds. The molecule has 0 radical (unpaired) electrons. The summed E-state index contributed by atoms with van der Waals surface area (Å²) in [5, 5.41) is 3.18. The molecule has 0 saturated heterocycles. The number of nitrogens with zero attached hydrogens (tertiary/aromatic N) is 1. The van der Waals surface area contributed by atoms with E-state index >= 15 is 0 Å². The lowest BCUT2D eigenvalue weighted by Crippen LogP contribution is -2.20. The van der Waals surface area contributed by atoms with Crippen molar-refractivity contribution in [3.8, 4) is 0 Å². The van der Waals surface area contributed by atoms with Crippen LogP contribution in [-0.2, 0) is 0 Å². The first kappa shape index (κ1) is 15.4. The van der Waals surface area contributed by atoms with Gasteiger partial charge in [0.1, 0.15) is 5.82 Å². The number of hydrogen-bond donors (Lipinski definition) is 2. The molecule has 5 heteroatoms. The van der Waals surface area contributed by atoms with Gasteiger partial charge in [0.25, 0.3) is 0 Å². The smallest absolute Gasteiger partial charge is 0.143 e. The molecule has 2 rings (SSSR count). The highest BCUT2D eigenvalue weighted by Crippen LogP contribution is 2.26. The molecule has 0 aliphatic carbocycles. The van der Waals surface area contributed by atoms with Gasteiger partial charge in [-0.2, -0.15) is 0 Å². The van der Waals surface area contributed by atoms with E-state index < -0.39 is 5.82 Å². The lowest BCUT2D eigenvalue weighted by Gasteiger charge is -2.19. The zero-order valence-electron chi connectivity index (χ0n) is 11.9. The summed E-state index contributed by atoms with van der Waals surface area (Å²) in [4.78, 5) is 2.17. The summed E-state index contributed by atoms with van der Waals surface area (Å²) >= 11 is 5.67. The molecule has 0 aliphatic heterocycles. The van der Waals surface area contributed by atoms with Crippen molar-refractivity contribution in [1.29, 1.82) is 0 Å². The standard InChI is InChI=1S/C16H19ClFN3/c1-21(12-6-3-2-4-7-12)9-5-8-20-16-11-14(18)13(17)10-15(16)19/h2-4,6-7,10-11,20H,5,8-9,19H2,1H3. The minimum Gasteiger partial charge on any atom is -0.397 e.